The Morgan fingerprint density at radius 2 is 1.69 bits per heavy atom. The lowest BCUT2D eigenvalue weighted by molar-refractivity contribution is -0.130. The molecule has 1 heterocycles. The van der Waals surface area contributed by atoms with Gasteiger partial charge in [-0.15, -0.1) is 0 Å². The molecule has 0 aliphatic carbocycles. The van der Waals surface area contributed by atoms with Crippen LogP contribution in [0.5, 0.6) is 0 Å². The number of hydrogen-bond donors (Lipinski definition) is 2. The lowest BCUT2D eigenvalue weighted by atomic mass is 10.1. The van der Waals surface area contributed by atoms with Crippen LogP contribution in [0.15, 0.2) is 53.5 Å². The number of guanidine groups is 1. The summed E-state index contributed by atoms with van der Waals surface area (Å²) in [6, 6.07) is 14.9. The van der Waals surface area contributed by atoms with Crippen LogP contribution < -0.4 is 5.32 Å². The van der Waals surface area contributed by atoms with E-state index < -0.39 is 5.97 Å². The minimum absolute atomic E-state index is 0.0740. The molecule has 0 unspecified atom stereocenters. The largest absolute Gasteiger partial charge is 0.478 e. The molecule has 0 spiro atoms. The lowest BCUT2D eigenvalue weighted by Crippen LogP contribution is -2.51. The number of nitrogens with one attached hydrogen (secondary N) is 1. The smallest absolute Gasteiger partial charge is 0.335 e. The molecule has 2 aromatic rings. The highest BCUT2D eigenvalue weighted by atomic mass is 16.4. The van der Waals surface area contributed by atoms with Crippen LogP contribution in [0.4, 0.5) is 5.69 Å². The topological polar surface area (TPSA) is 85.2 Å². The second kappa shape index (κ2) is 9.23. The third kappa shape index (κ3) is 5.57. The van der Waals surface area contributed by atoms with Crippen LogP contribution >= 0.6 is 0 Å². The number of rotatable bonds is 4. The summed E-state index contributed by atoms with van der Waals surface area (Å²) in [5, 5.41) is 12.5. The number of nitrogens with zero attached hydrogens (tertiary/aromatic N) is 3. The van der Waals surface area contributed by atoms with Gasteiger partial charge in [0.15, 0.2) is 5.96 Å². The third-order valence-electron chi connectivity index (χ3n) is 4.92. The molecule has 0 bridgehead atoms. The van der Waals surface area contributed by atoms with Crippen molar-refractivity contribution in [3.63, 3.8) is 0 Å². The van der Waals surface area contributed by atoms with Crippen LogP contribution in [0.2, 0.25) is 0 Å². The first-order valence-electron chi connectivity index (χ1n) is 9.63. The van der Waals surface area contributed by atoms with Gasteiger partial charge in [0.2, 0.25) is 5.91 Å². The van der Waals surface area contributed by atoms with Crippen molar-refractivity contribution in [1.82, 2.24) is 9.80 Å². The van der Waals surface area contributed by atoms with Crippen LogP contribution in [0.25, 0.3) is 0 Å². The summed E-state index contributed by atoms with van der Waals surface area (Å²) in [6.07, 6.45) is 0. The van der Waals surface area contributed by atoms with Gasteiger partial charge in [-0.2, -0.15) is 0 Å². The number of aliphatic imine (C=N–C) groups is 1. The molecule has 7 nitrogen and oxygen atoms in total. The molecule has 2 N–H and O–H groups in total. The van der Waals surface area contributed by atoms with Gasteiger partial charge in [-0.1, -0.05) is 35.9 Å². The summed E-state index contributed by atoms with van der Waals surface area (Å²) < 4.78 is 0. The maximum atomic E-state index is 11.6. The van der Waals surface area contributed by atoms with Gasteiger partial charge in [0.05, 0.1) is 12.1 Å². The van der Waals surface area contributed by atoms with E-state index in [4.69, 9.17) is 4.99 Å². The summed E-state index contributed by atoms with van der Waals surface area (Å²) in [5.41, 5.74) is 3.18. The molecule has 1 aliphatic rings. The van der Waals surface area contributed by atoms with Crippen molar-refractivity contribution >= 4 is 23.5 Å². The Labute approximate surface area is 170 Å². The second-order valence-corrected chi connectivity index (χ2v) is 7.13. The molecular formula is C22H26N4O3. The number of aryl methyl sites for hydroxylation is 1. The van der Waals surface area contributed by atoms with E-state index in [1.54, 1.807) is 25.1 Å². The first kappa shape index (κ1) is 20.4. The number of aromatic carboxylic acids is 1. The van der Waals surface area contributed by atoms with Crippen molar-refractivity contribution in [1.29, 1.82) is 0 Å². The number of anilines is 1. The second-order valence-electron chi connectivity index (χ2n) is 7.13. The third-order valence-corrected chi connectivity index (χ3v) is 4.92. The molecule has 3 rings (SSSR count). The van der Waals surface area contributed by atoms with Gasteiger partial charge in [0.25, 0.3) is 0 Å². The molecular weight excluding hydrogens is 368 g/mol. The van der Waals surface area contributed by atoms with Gasteiger partial charge in [-0.25, -0.2) is 9.79 Å². The van der Waals surface area contributed by atoms with Crippen LogP contribution in [-0.4, -0.2) is 58.9 Å². The summed E-state index contributed by atoms with van der Waals surface area (Å²) in [5.74, 6) is -0.219. The molecule has 0 radical (unpaired) electrons. The fraction of sp³-hybridized carbons (Fsp3) is 0.318. The Bertz CT molecular complexity index is 901. The summed E-state index contributed by atoms with van der Waals surface area (Å²) in [6.45, 7) is 6.73. The molecule has 1 saturated heterocycles. The van der Waals surface area contributed by atoms with Crippen LogP contribution in [0.1, 0.15) is 28.4 Å². The zero-order valence-corrected chi connectivity index (χ0v) is 16.8. The molecule has 1 fully saturated rings. The molecule has 0 aromatic heterocycles. The monoisotopic (exact) mass is 394 g/mol. The summed E-state index contributed by atoms with van der Waals surface area (Å²) >= 11 is 0. The molecule has 1 amide bonds. The maximum Gasteiger partial charge on any atom is 0.335 e. The van der Waals surface area contributed by atoms with Crippen LogP contribution in [-0.2, 0) is 11.3 Å². The van der Waals surface area contributed by atoms with Crippen molar-refractivity contribution in [2.24, 2.45) is 4.99 Å². The first-order chi connectivity index (χ1) is 13.9. The van der Waals surface area contributed by atoms with Gasteiger partial charge in [-0.05, 0) is 30.7 Å². The van der Waals surface area contributed by atoms with Crippen LogP contribution in [0, 0.1) is 6.92 Å². The maximum absolute atomic E-state index is 11.6. The van der Waals surface area contributed by atoms with E-state index in [1.807, 2.05) is 17.9 Å². The SMILES string of the molecule is CC(=O)N1CCN(C(=NCc2ccc(C)cc2)Nc2cccc(C(=O)O)c2)CC1. The minimum atomic E-state index is -0.970. The van der Waals surface area contributed by atoms with Crippen molar-refractivity contribution in [2.45, 2.75) is 20.4 Å². The van der Waals surface area contributed by atoms with Gasteiger partial charge in [0, 0.05) is 38.8 Å². The quantitative estimate of drug-likeness (QED) is 0.615. The highest BCUT2D eigenvalue weighted by molar-refractivity contribution is 5.96. The van der Waals surface area contributed by atoms with E-state index in [0.717, 1.165) is 5.56 Å². The Kier molecular flexibility index (Phi) is 6.49. The molecule has 29 heavy (non-hydrogen) atoms. The van der Waals surface area contributed by atoms with Crippen molar-refractivity contribution in [2.75, 3.05) is 31.5 Å². The van der Waals surface area contributed by atoms with Gasteiger partial charge >= 0.3 is 5.97 Å². The van der Waals surface area contributed by atoms with Gasteiger partial charge in [-0.3, -0.25) is 4.79 Å². The fourth-order valence-electron chi connectivity index (χ4n) is 3.17. The number of carboxylic acid groups (broad SMARTS) is 1. The number of piperazine rings is 1. The van der Waals surface area contributed by atoms with Crippen molar-refractivity contribution in [3.05, 3.63) is 65.2 Å². The Hall–Kier alpha value is -3.35. The highest BCUT2D eigenvalue weighted by Gasteiger charge is 2.21. The van der Waals surface area contributed by atoms with Gasteiger partial charge in [0.1, 0.15) is 0 Å². The predicted molar refractivity (Wildman–Crippen MR) is 113 cm³/mol. The number of carbonyl (C=O) groups excluding carboxylic acids is 1. The van der Waals surface area contributed by atoms with Crippen molar-refractivity contribution in [3.8, 4) is 0 Å². The zero-order valence-electron chi connectivity index (χ0n) is 16.8. The minimum Gasteiger partial charge on any atom is -0.478 e. The number of amides is 1. The molecule has 2 aromatic carbocycles. The Morgan fingerprint density at radius 1 is 1.03 bits per heavy atom. The average Bonchev–Trinajstić information content (AvgIpc) is 2.72. The molecule has 152 valence electrons. The number of carboxylic acids is 1. The zero-order chi connectivity index (χ0) is 20.8. The normalized spacial score (nSPS) is 14.6. The van der Waals surface area contributed by atoms with E-state index in [1.165, 1.54) is 5.56 Å². The first-order valence-corrected chi connectivity index (χ1v) is 9.63. The molecule has 1 aliphatic heterocycles. The molecule has 0 saturated carbocycles. The summed E-state index contributed by atoms with van der Waals surface area (Å²) in [4.78, 5) is 31.6. The highest BCUT2D eigenvalue weighted by Crippen LogP contribution is 2.14. The molecule has 0 atom stereocenters. The molecule has 7 heteroatoms. The number of hydrogen-bond acceptors (Lipinski definition) is 3. The standard InChI is InChI=1S/C22H26N4O3/c1-16-6-8-18(9-7-16)15-23-22(26-12-10-25(11-13-26)17(2)27)24-20-5-3-4-19(14-20)21(28)29/h3-9,14H,10-13,15H2,1-2H3,(H,23,24)(H,28,29). The Balaban J connectivity index is 1.80. The van der Waals surface area contributed by atoms with Crippen molar-refractivity contribution < 1.29 is 14.7 Å². The van der Waals surface area contributed by atoms with Gasteiger partial charge < -0.3 is 20.2 Å². The fourth-order valence-corrected chi connectivity index (χ4v) is 3.17. The summed E-state index contributed by atoms with van der Waals surface area (Å²) in [7, 11) is 0. The van der Waals surface area contributed by atoms with E-state index in [2.05, 4.69) is 34.5 Å². The lowest BCUT2D eigenvalue weighted by Gasteiger charge is -2.36. The predicted octanol–water partition coefficient (Wildman–Crippen LogP) is 2.83. The average molecular weight is 394 g/mol. The number of benzene rings is 2. The van der Waals surface area contributed by atoms with E-state index >= 15 is 0 Å². The Morgan fingerprint density at radius 3 is 2.31 bits per heavy atom. The van der Waals surface area contributed by atoms with Crippen LogP contribution in [0.3, 0.4) is 0 Å². The number of carbonyl (C=O) groups is 2. The van der Waals surface area contributed by atoms with E-state index in [0.29, 0.717) is 44.4 Å². The van der Waals surface area contributed by atoms with E-state index in [-0.39, 0.29) is 11.5 Å². The van der Waals surface area contributed by atoms with E-state index in [9.17, 15) is 14.7 Å².